The monoisotopic (exact) mass is 515 g/mol. The lowest BCUT2D eigenvalue weighted by Gasteiger charge is -2.14. The lowest BCUT2D eigenvalue weighted by Crippen LogP contribution is -2.14. The predicted octanol–water partition coefficient (Wildman–Crippen LogP) is 5.55. The molecule has 0 saturated heterocycles. The Morgan fingerprint density at radius 2 is 1.67 bits per heavy atom. The molecule has 0 atom stereocenters. The molecule has 3 aromatic rings. The van der Waals surface area contributed by atoms with Crippen LogP contribution in [0.2, 0.25) is 5.02 Å². The summed E-state index contributed by atoms with van der Waals surface area (Å²) in [5.74, 6) is 1.53. The van der Waals surface area contributed by atoms with Gasteiger partial charge in [0.15, 0.2) is 5.75 Å². The molecule has 27 heavy (non-hydrogen) atoms. The Labute approximate surface area is 176 Å². The van der Waals surface area contributed by atoms with Gasteiger partial charge in [-0.2, -0.15) is 0 Å². The minimum absolute atomic E-state index is 0.110. The van der Waals surface area contributed by atoms with Gasteiger partial charge in [-0.25, -0.2) is 8.42 Å². The van der Waals surface area contributed by atoms with E-state index in [2.05, 4.69) is 4.72 Å². The number of hydrogen-bond acceptors (Lipinski definition) is 4. The van der Waals surface area contributed by atoms with Crippen molar-refractivity contribution in [2.24, 2.45) is 0 Å². The van der Waals surface area contributed by atoms with Gasteiger partial charge in [-0.1, -0.05) is 29.8 Å². The van der Waals surface area contributed by atoms with Crippen LogP contribution in [-0.2, 0) is 10.0 Å². The smallest absolute Gasteiger partial charge is 0.262 e. The summed E-state index contributed by atoms with van der Waals surface area (Å²) in [6, 6.07) is 18.4. The van der Waals surface area contributed by atoms with Gasteiger partial charge in [-0.15, -0.1) is 0 Å². The highest BCUT2D eigenvalue weighted by atomic mass is 127. The molecule has 3 aromatic carbocycles. The largest absolute Gasteiger partial charge is 0.496 e. The maximum absolute atomic E-state index is 12.8. The summed E-state index contributed by atoms with van der Waals surface area (Å²) in [7, 11) is -2.31. The van der Waals surface area contributed by atoms with Crippen molar-refractivity contribution in [3.8, 4) is 17.2 Å². The van der Waals surface area contributed by atoms with Crippen LogP contribution in [0.15, 0.2) is 71.6 Å². The van der Waals surface area contributed by atoms with Crippen molar-refractivity contribution >= 4 is 49.9 Å². The maximum Gasteiger partial charge on any atom is 0.262 e. The molecule has 0 unspecified atom stereocenters. The Kier molecular flexibility index (Phi) is 6.13. The highest BCUT2D eigenvalue weighted by Crippen LogP contribution is 2.34. The Morgan fingerprint density at radius 1 is 0.963 bits per heavy atom. The summed E-state index contributed by atoms with van der Waals surface area (Å²) in [6.07, 6.45) is 0. The van der Waals surface area contributed by atoms with Gasteiger partial charge in [0.05, 0.1) is 21.3 Å². The molecule has 8 heteroatoms. The first-order chi connectivity index (χ1) is 12.9. The van der Waals surface area contributed by atoms with E-state index in [1.54, 1.807) is 30.3 Å². The van der Waals surface area contributed by atoms with E-state index in [1.165, 1.54) is 25.3 Å². The van der Waals surface area contributed by atoms with E-state index >= 15 is 0 Å². The first-order valence-corrected chi connectivity index (χ1v) is 10.7. The fourth-order valence-corrected chi connectivity index (χ4v) is 4.51. The molecule has 140 valence electrons. The first-order valence-electron chi connectivity index (χ1n) is 7.78. The molecule has 0 amide bonds. The number of methoxy groups -OCH3 is 1. The number of benzene rings is 3. The van der Waals surface area contributed by atoms with E-state index in [1.807, 2.05) is 40.8 Å². The van der Waals surface area contributed by atoms with E-state index in [4.69, 9.17) is 21.1 Å². The van der Waals surface area contributed by atoms with Crippen LogP contribution < -0.4 is 14.2 Å². The Hall–Kier alpha value is -1.97. The second-order valence-electron chi connectivity index (χ2n) is 5.46. The van der Waals surface area contributed by atoms with Crippen molar-refractivity contribution in [2.75, 3.05) is 11.8 Å². The van der Waals surface area contributed by atoms with Gasteiger partial charge in [0.25, 0.3) is 10.0 Å². The second kappa shape index (κ2) is 8.37. The standard InChI is InChI=1S/C19H15ClINO4S/c1-25-18-10-8-15(12-16(18)21)27(23,24)22-17-11-13(20)7-9-19(17)26-14-5-3-2-4-6-14/h2-12,22H,1H3. The topological polar surface area (TPSA) is 64.6 Å². The molecule has 0 heterocycles. The first kappa shape index (κ1) is 19.8. The molecule has 0 bridgehead atoms. The van der Waals surface area contributed by atoms with Gasteiger partial charge in [0.1, 0.15) is 11.5 Å². The Morgan fingerprint density at radius 3 is 2.33 bits per heavy atom. The molecule has 0 fully saturated rings. The molecule has 0 aliphatic heterocycles. The van der Waals surface area contributed by atoms with Crippen LogP contribution >= 0.6 is 34.2 Å². The summed E-state index contributed by atoms with van der Waals surface area (Å²) in [5.41, 5.74) is 0.247. The van der Waals surface area contributed by atoms with E-state index in [0.29, 0.717) is 25.8 Å². The highest BCUT2D eigenvalue weighted by molar-refractivity contribution is 14.1. The van der Waals surface area contributed by atoms with Crippen molar-refractivity contribution in [3.63, 3.8) is 0 Å². The summed E-state index contributed by atoms with van der Waals surface area (Å²) in [5, 5.41) is 0.387. The number of rotatable bonds is 6. The minimum atomic E-state index is -3.84. The molecular weight excluding hydrogens is 501 g/mol. The van der Waals surface area contributed by atoms with Gasteiger partial charge in [-0.05, 0) is 71.1 Å². The zero-order valence-corrected chi connectivity index (χ0v) is 17.9. The van der Waals surface area contributed by atoms with Crippen LogP contribution in [0.3, 0.4) is 0 Å². The highest BCUT2D eigenvalue weighted by Gasteiger charge is 2.19. The van der Waals surface area contributed by atoms with Crippen molar-refractivity contribution in [3.05, 3.63) is 75.3 Å². The molecule has 3 rings (SSSR count). The number of anilines is 1. The number of ether oxygens (including phenoxy) is 2. The summed E-state index contributed by atoms with van der Waals surface area (Å²) in [6.45, 7) is 0. The van der Waals surface area contributed by atoms with Crippen molar-refractivity contribution in [1.29, 1.82) is 0 Å². The summed E-state index contributed by atoms with van der Waals surface area (Å²) in [4.78, 5) is 0.110. The van der Waals surface area contributed by atoms with E-state index in [-0.39, 0.29) is 10.6 Å². The summed E-state index contributed by atoms with van der Waals surface area (Å²) < 4.78 is 39.8. The maximum atomic E-state index is 12.8. The van der Waals surface area contributed by atoms with E-state index in [9.17, 15) is 8.42 Å². The molecule has 0 saturated carbocycles. The molecule has 5 nitrogen and oxygen atoms in total. The van der Waals surface area contributed by atoms with Gasteiger partial charge < -0.3 is 9.47 Å². The quantitative estimate of drug-likeness (QED) is 0.438. The number of sulfonamides is 1. The minimum Gasteiger partial charge on any atom is -0.496 e. The third-order valence-electron chi connectivity index (χ3n) is 3.59. The fraction of sp³-hybridized carbons (Fsp3) is 0.0526. The number of nitrogens with one attached hydrogen (secondary N) is 1. The molecule has 0 radical (unpaired) electrons. The van der Waals surface area contributed by atoms with Crippen LogP contribution in [0, 0.1) is 3.57 Å². The lowest BCUT2D eigenvalue weighted by molar-refractivity contribution is 0.411. The van der Waals surface area contributed by atoms with Crippen LogP contribution in [0.1, 0.15) is 0 Å². The molecule has 0 aliphatic carbocycles. The van der Waals surface area contributed by atoms with Crippen molar-refractivity contribution in [2.45, 2.75) is 4.90 Å². The molecule has 0 aromatic heterocycles. The number of para-hydroxylation sites is 1. The molecule has 0 spiro atoms. The SMILES string of the molecule is COc1ccc(S(=O)(=O)Nc2cc(Cl)ccc2Oc2ccccc2)cc1I. The van der Waals surface area contributed by atoms with Crippen molar-refractivity contribution in [1.82, 2.24) is 0 Å². The lowest BCUT2D eigenvalue weighted by atomic mass is 10.3. The normalized spacial score (nSPS) is 11.1. The van der Waals surface area contributed by atoms with Crippen LogP contribution in [0.5, 0.6) is 17.2 Å². The Bertz CT molecular complexity index is 1060. The van der Waals surface area contributed by atoms with E-state index in [0.717, 1.165) is 0 Å². The summed E-state index contributed by atoms with van der Waals surface area (Å²) >= 11 is 8.07. The predicted molar refractivity (Wildman–Crippen MR) is 114 cm³/mol. The van der Waals surface area contributed by atoms with Gasteiger partial charge in [0, 0.05) is 5.02 Å². The Balaban J connectivity index is 1.94. The third-order valence-corrected chi connectivity index (χ3v) is 6.03. The van der Waals surface area contributed by atoms with Crippen molar-refractivity contribution < 1.29 is 17.9 Å². The van der Waals surface area contributed by atoms with Crippen LogP contribution in [0.25, 0.3) is 0 Å². The number of hydrogen-bond donors (Lipinski definition) is 1. The zero-order valence-electron chi connectivity index (χ0n) is 14.1. The molecule has 1 N–H and O–H groups in total. The average Bonchev–Trinajstić information content (AvgIpc) is 2.64. The van der Waals surface area contributed by atoms with Crippen LogP contribution in [0.4, 0.5) is 5.69 Å². The second-order valence-corrected chi connectivity index (χ2v) is 8.74. The number of halogens is 2. The van der Waals surface area contributed by atoms with Gasteiger partial charge in [0.2, 0.25) is 0 Å². The fourth-order valence-electron chi connectivity index (χ4n) is 2.30. The zero-order chi connectivity index (χ0) is 19.4. The molecule has 0 aliphatic rings. The van der Waals surface area contributed by atoms with E-state index < -0.39 is 10.0 Å². The average molecular weight is 516 g/mol. The van der Waals surface area contributed by atoms with Gasteiger partial charge >= 0.3 is 0 Å². The third kappa shape index (κ3) is 4.85. The van der Waals surface area contributed by atoms with Crippen LogP contribution in [-0.4, -0.2) is 15.5 Å². The molecular formula is C19H15ClINO4S. The van der Waals surface area contributed by atoms with Gasteiger partial charge in [-0.3, -0.25) is 4.72 Å².